The van der Waals surface area contributed by atoms with Gasteiger partial charge in [0.05, 0.1) is 0 Å². The highest BCUT2D eigenvalue weighted by Crippen LogP contribution is 2.25. The van der Waals surface area contributed by atoms with Crippen LogP contribution in [0.25, 0.3) is 0 Å². The number of amides is 1. The number of rotatable bonds is 4. The Morgan fingerprint density at radius 1 is 1.38 bits per heavy atom. The summed E-state index contributed by atoms with van der Waals surface area (Å²) < 4.78 is 0. The van der Waals surface area contributed by atoms with Gasteiger partial charge in [-0.1, -0.05) is 0 Å². The summed E-state index contributed by atoms with van der Waals surface area (Å²) in [4.78, 5) is 22.3. The van der Waals surface area contributed by atoms with E-state index in [1.165, 1.54) is 13.3 Å². The summed E-state index contributed by atoms with van der Waals surface area (Å²) in [6.07, 6.45) is 2.33. The van der Waals surface area contributed by atoms with Crippen LogP contribution in [0, 0.1) is 0 Å². The van der Waals surface area contributed by atoms with Crippen LogP contribution in [-0.2, 0) is 9.59 Å². The standard InChI is InChI=1S/C11H17NO3S/c1-7(8(2)11(14)15)10(13)12-6-9-4-3-5-16-9/h9H,3-6H2,1-2H3,(H,12,13)(H,14,15). The lowest BCUT2D eigenvalue weighted by Crippen LogP contribution is -2.31. The van der Waals surface area contributed by atoms with Crippen molar-refractivity contribution >= 4 is 23.6 Å². The van der Waals surface area contributed by atoms with Gasteiger partial charge in [-0.25, -0.2) is 4.79 Å². The molecule has 1 aliphatic rings. The molecule has 1 atom stereocenters. The molecule has 0 radical (unpaired) electrons. The van der Waals surface area contributed by atoms with Crippen molar-refractivity contribution in [1.82, 2.24) is 5.32 Å². The molecule has 0 aliphatic carbocycles. The molecule has 0 bridgehead atoms. The molecular weight excluding hydrogens is 226 g/mol. The van der Waals surface area contributed by atoms with E-state index >= 15 is 0 Å². The van der Waals surface area contributed by atoms with Crippen LogP contribution >= 0.6 is 11.8 Å². The summed E-state index contributed by atoms with van der Waals surface area (Å²) >= 11 is 1.86. The van der Waals surface area contributed by atoms with Gasteiger partial charge in [0.25, 0.3) is 0 Å². The molecule has 1 heterocycles. The topological polar surface area (TPSA) is 66.4 Å². The molecule has 0 aromatic rings. The van der Waals surface area contributed by atoms with Gasteiger partial charge in [0, 0.05) is 22.9 Å². The molecule has 1 amide bonds. The number of carboxylic acids is 1. The van der Waals surface area contributed by atoms with E-state index in [0.29, 0.717) is 11.8 Å². The van der Waals surface area contributed by atoms with Crippen LogP contribution in [0.1, 0.15) is 26.7 Å². The summed E-state index contributed by atoms with van der Waals surface area (Å²) in [6, 6.07) is 0. The van der Waals surface area contributed by atoms with Crippen molar-refractivity contribution in [2.75, 3.05) is 12.3 Å². The van der Waals surface area contributed by atoms with Crippen molar-refractivity contribution in [2.45, 2.75) is 31.9 Å². The van der Waals surface area contributed by atoms with Crippen LogP contribution in [0.2, 0.25) is 0 Å². The second kappa shape index (κ2) is 5.94. The number of carbonyl (C=O) groups excluding carboxylic acids is 1. The third kappa shape index (κ3) is 3.56. The van der Waals surface area contributed by atoms with Crippen LogP contribution in [0.15, 0.2) is 11.1 Å². The first kappa shape index (κ1) is 13.1. The van der Waals surface area contributed by atoms with Crippen molar-refractivity contribution in [3.63, 3.8) is 0 Å². The minimum absolute atomic E-state index is 0.108. The van der Waals surface area contributed by atoms with E-state index in [2.05, 4.69) is 5.32 Å². The molecule has 0 aromatic carbocycles. The zero-order valence-electron chi connectivity index (χ0n) is 9.58. The Kier molecular flexibility index (Phi) is 4.86. The minimum atomic E-state index is -1.04. The lowest BCUT2D eigenvalue weighted by Gasteiger charge is -2.11. The molecule has 5 heteroatoms. The Morgan fingerprint density at radius 3 is 2.56 bits per heavy atom. The van der Waals surface area contributed by atoms with Crippen LogP contribution < -0.4 is 5.32 Å². The average molecular weight is 243 g/mol. The molecule has 0 spiro atoms. The van der Waals surface area contributed by atoms with Crippen LogP contribution in [0.5, 0.6) is 0 Å². The summed E-state index contributed by atoms with van der Waals surface area (Å²) in [7, 11) is 0. The maximum absolute atomic E-state index is 11.6. The highest BCUT2D eigenvalue weighted by molar-refractivity contribution is 8.00. The summed E-state index contributed by atoms with van der Waals surface area (Å²) in [6.45, 7) is 3.62. The quantitative estimate of drug-likeness (QED) is 0.733. The number of thioether (sulfide) groups is 1. The van der Waals surface area contributed by atoms with E-state index in [-0.39, 0.29) is 17.1 Å². The first-order valence-electron chi connectivity index (χ1n) is 5.33. The smallest absolute Gasteiger partial charge is 0.331 e. The molecule has 1 fully saturated rings. The van der Waals surface area contributed by atoms with E-state index in [0.717, 1.165) is 12.2 Å². The van der Waals surface area contributed by atoms with E-state index in [4.69, 9.17) is 5.11 Å². The highest BCUT2D eigenvalue weighted by atomic mass is 32.2. The average Bonchev–Trinajstić information content (AvgIpc) is 2.76. The van der Waals surface area contributed by atoms with Crippen molar-refractivity contribution in [3.8, 4) is 0 Å². The first-order valence-corrected chi connectivity index (χ1v) is 6.38. The highest BCUT2D eigenvalue weighted by Gasteiger charge is 2.18. The second-order valence-corrected chi connectivity index (χ2v) is 5.31. The molecule has 0 saturated carbocycles. The summed E-state index contributed by atoms with van der Waals surface area (Å²) in [5.41, 5.74) is 0.395. The normalized spacial score (nSPS) is 21.5. The number of nitrogens with one attached hydrogen (secondary N) is 1. The predicted molar refractivity (Wildman–Crippen MR) is 64.5 cm³/mol. The number of hydrogen-bond acceptors (Lipinski definition) is 3. The second-order valence-electron chi connectivity index (χ2n) is 3.90. The van der Waals surface area contributed by atoms with Crippen molar-refractivity contribution in [1.29, 1.82) is 0 Å². The van der Waals surface area contributed by atoms with Crippen LogP contribution in [0.3, 0.4) is 0 Å². The van der Waals surface area contributed by atoms with Gasteiger partial charge in [-0.3, -0.25) is 4.79 Å². The SMILES string of the molecule is CC(C(=O)O)=C(C)C(=O)NCC1CCCS1. The first-order chi connectivity index (χ1) is 7.52. The van der Waals surface area contributed by atoms with Gasteiger partial charge < -0.3 is 10.4 Å². The fourth-order valence-corrected chi connectivity index (χ4v) is 2.68. The minimum Gasteiger partial charge on any atom is -0.478 e. The molecule has 1 rings (SSSR count). The number of carboxylic acid groups (broad SMARTS) is 1. The maximum Gasteiger partial charge on any atom is 0.331 e. The fourth-order valence-electron chi connectivity index (χ4n) is 1.48. The van der Waals surface area contributed by atoms with Crippen molar-refractivity contribution in [3.05, 3.63) is 11.1 Å². The number of carbonyl (C=O) groups is 2. The van der Waals surface area contributed by atoms with Crippen LogP contribution in [0.4, 0.5) is 0 Å². The van der Waals surface area contributed by atoms with E-state index < -0.39 is 5.97 Å². The Labute approximate surface area is 99.5 Å². The summed E-state index contributed by atoms with van der Waals surface area (Å²) in [5.74, 6) is -0.154. The number of hydrogen-bond donors (Lipinski definition) is 2. The molecule has 90 valence electrons. The zero-order chi connectivity index (χ0) is 12.1. The number of aliphatic carboxylic acids is 1. The lowest BCUT2D eigenvalue weighted by molar-refractivity contribution is -0.133. The van der Waals surface area contributed by atoms with Gasteiger partial charge in [-0.2, -0.15) is 11.8 Å². The maximum atomic E-state index is 11.6. The largest absolute Gasteiger partial charge is 0.478 e. The van der Waals surface area contributed by atoms with Gasteiger partial charge >= 0.3 is 5.97 Å². The van der Waals surface area contributed by atoms with Gasteiger partial charge in [0.2, 0.25) is 5.91 Å². The van der Waals surface area contributed by atoms with Gasteiger partial charge in [-0.15, -0.1) is 0 Å². The van der Waals surface area contributed by atoms with Gasteiger partial charge in [0.15, 0.2) is 0 Å². The molecule has 1 saturated heterocycles. The van der Waals surface area contributed by atoms with Crippen molar-refractivity contribution < 1.29 is 14.7 Å². The summed E-state index contributed by atoms with van der Waals surface area (Å²) in [5, 5.41) is 12.0. The molecule has 16 heavy (non-hydrogen) atoms. The van der Waals surface area contributed by atoms with E-state index in [1.54, 1.807) is 6.92 Å². The van der Waals surface area contributed by atoms with E-state index in [1.807, 2.05) is 11.8 Å². The van der Waals surface area contributed by atoms with E-state index in [9.17, 15) is 9.59 Å². The monoisotopic (exact) mass is 243 g/mol. The molecule has 1 unspecified atom stereocenters. The Hall–Kier alpha value is -0.970. The molecule has 2 N–H and O–H groups in total. The fraction of sp³-hybridized carbons (Fsp3) is 0.636. The van der Waals surface area contributed by atoms with Gasteiger partial charge in [-0.05, 0) is 32.4 Å². The Balaban J connectivity index is 2.45. The molecular formula is C11H17NO3S. The van der Waals surface area contributed by atoms with Crippen molar-refractivity contribution in [2.24, 2.45) is 0 Å². The Morgan fingerprint density at radius 2 is 2.06 bits per heavy atom. The third-order valence-electron chi connectivity index (χ3n) is 2.74. The Bertz CT molecular complexity index is 319. The van der Waals surface area contributed by atoms with Gasteiger partial charge in [0.1, 0.15) is 0 Å². The molecule has 0 aromatic heterocycles. The zero-order valence-corrected chi connectivity index (χ0v) is 10.4. The van der Waals surface area contributed by atoms with Crippen LogP contribution in [-0.4, -0.2) is 34.5 Å². The molecule has 1 aliphatic heterocycles. The predicted octanol–water partition coefficient (Wildman–Crippen LogP) is 1.42. The molecule has 4 nitrogen and oxygen atoms in total. The third-order valence-corrected chi connectivity index (χ3v) is 4.14. The lowest BCUT2D eigenvalue weighted by atomic mass is 10.1.